The standard InChI is InChI=1S/C12H22N4O.HI/c1-14-12(15-10-4-5-10)16-6-2-3-9(8-16)7-11(13)17;/h9-10H,2-8H2,1H3,(H2,13,17)(H,14,15);1H. The molecule has 104 valence electrons. The van der Waals surface area contributed by atoms with E-state index in [0.717, 1.165) is 31.9 Å². The van der Waals surface area contributed by atoms with E-state index in [1.54, 1.807) is 0 Å². The number of nitrogens with one attached hydrogen (secondary N) is 1. The minimum atomic E-state index is -0.193. The van der Waals surface area contributed by atoms with Gasteiger partial charge in [0.15, 0.2) is 5.96 Å². The highest BCUT2D eigenvalue weighted by molar-refractivity contribution is 14.0. The zero-order valence-corrected chi connectivity index (χ0v) is 13.2. The average Bonchev–Trinajstić information content (AvgIpc) is 3.09. The van der Waals surface area contributed by atoms with Crippen molar-refractivity contribution in [3.8, 4) is 0 Å². The molecule has 1 atom stereocenters. The first kappa shape index (κ1) is 15.5. The number of nitrogens with two attached hydrogens (primary N) is 1. The number of piperidine rings is 1. The zero-order chi connectivity index (χ0) is 12.3. The van der Waals surface area contributed by atoms with E-state index in [9.17, 15) is 4.79 Å². The normalized spacial score (nSPS) is 24.4. The quantitative estimate of drug-likeness (QED) is 0.444. The van der Waals surface area contributed by atoms with E-state index in [-0.39, 0.29) is 29.9 Å². The van der Waals surface area contributed by atoms with Crippen LogP contribution in [0, 0.1) is 5.92 Å². The highest BCUT2D eigenvalue weighted by atomic mass is 127. The van der Waals surface area contributed by atoms with Gasteiger partial charge in [0.2, 0.25) is 5.91 Å². The van der Waals surface area contributed by atoms with Gasteiger partial charge in [-0.15, -0.1) is 24.0 Å². The molecule has 1 unspecified atom stereocenters. The maximum atomic E-state index is 11.0. The van der Waals surface area contributed by atoms with Crippen LogP contribution in [-0.4, -0.2) is 42.9 Å². The third kappa shape index (κ3) is 4.62. The first-order chi connectivity index (χ1) is 8.19. The lowest BCUT2D eigenvalue weighted by atomic mass is 9.95. The Morgan fingerprint density at radius 3 is 2.72 bits per heavy atom. The number of hydrogen-bond acceptors (Lipinski definition) is 2. The summed E-state index contributed by atoms with van der Waals surface area (Å²) in [6, 6.07) is 0.616. The lowest BCUT2D eigenvalue weighted by Crippen LogP contribution is -2.47. The highest BCUT2D eigenvalue weighted by Gasteiger charge is 2.27. The second kappa shape index (κ2) is 7.16. The minimum absolute atomic E-state index is 0. The van der Waals surface area contributed by atoms with Crippen LogP contribution in [-0.2, 0) is 4.79 Å². The number of nitrogens with zero attached hydrogens (tertiary/aromatic N) is 2. The molecule has 0 aromatic rings. The molecule has 3 N–H and O–H groups in total. The van der Waals surface area contributed by atoms with Crippen molar-refractivity contribution in [2.45, 2.75) is 38.1 Å². The monoisotopic (exact) mass is 366 g/mol. The Morgan fingerprint density at radius 1 is 1.44 bits per heavy atom. The molecular formula is C12H23IN4O. The largest absolute Gasteiger partial charge is 0.370 e. The van der Waals surface area contributed by atoms with Crippen molar-refractivity contribution in [2.75, 3.05) is 20.1 Å². The van der Waals surface area contributed by atoms with Gasteiger partial charge in [-0.3, -0.25) is 9.79 Å². The maximum Gasteiger partial charge on any atom is 0.217 e. The van der Waals surface area contributed by atoms with Crippen molar-refractivity contribution in [1.82, 2.24) is 10.2 Å². The maximum absolute atomic E-state index is 11.0. The summed E-state index contributed by atoms with van der Waals surface area (Å²) < 4.78 is 0. The predicted octanol–water partition coefficient (Wildman–Crippen LogP) is 0.930. The molecule has 1 aliphatic carbocycles. The third-order valence-corrected chi connectivity index (χ3v) is 3.43. The molecule has 1 heterocycles. The fourth-order valence-corrected chi connectivity index (χ4v) is 2.42. The van der Waals surface area contributed by atoms with Gasteiger partial charge in [-0.2, -0.15) is 0 Å². The summed E-state index contributed by atoms with van der Waals surface area (Å²) in [5.74, 6) is 1.18. The molecule has 0 bridgehead atoms. The van der Waals surface area contributed by atoms with Crippen LogP contribution in [0.25, 0.3) is 0 Å². The number of likely N-dealkylation sites (tertiary alicyclic amines) is 1. The molecule has 0 radical (unpaired) electrons. The van der Waals surface area contributed by atoms with Crippen LogP contribution in [0.2, 0.25) is 0 Å². The molecule has 0 aromatic heterocycles. The van der Waals surface area contributed by atoms with Crippen LogP contribution in [0.15, 0.2) is 4.99 Å². The van der Waals surface area contributed by atoms with Crippen LogP contribution >= 0.6 is 24.0 Å². The first-order valence-corrected chi connectivity index (χ1v) is 6.45. The molecule has 1 aliphatic heterocycles. The lowest BCUT2D eigenvalue weighted by molar-refractivity contribution is -0.119. The Morgan fingerprint density at radius 2 is 2.17 bits per heavy atom. The van der Waals surface area contributed by atoms with Crippen molar-refractivity contribution in [3.05, 3.63) is 0 Å². The summed E-state index contributed by atoms with van der Waals surface area (Å²) in [6.45, 7) is 1.93. The van der Waals surface area contributed by atoms with Gasteiger partial charge in [0.05, 0.1) is 0 Å². The first-order valence-electron chi connectivity index (χ1n) is 6.45. The number of rotatable bonds is 3. The smallest absolute Gasteiger partial charge is 0.217 e. The lowest BCUT2D eigenvalue weighted by Gasteiger charge is -2.34. The molecule has 6 heteroatoms. The third-order valence-electron chi connectivity index (χ3n) is 3.43. The van der Waals surface area contributed by atoms with Gasteiger partial charge in [0, 0.05) is 32.6 Å². The Kier molecular flexibility index (Phi) is 6.17. The van der Waals surface area contributed by atoms with E-state index in [4.69, 9.17) is 5.73 Å². The molecule has 1 amide bonds. The fourth-order valence-electron chi connectivity index (χ4n) is 2.42. The summed E-state index contributed by atoms with van der Waals surface area (Å²) in [4.78, 5) is 17.5. The summed E-state index contributed by atoms with van der Waals surface area (Å²) >= 11 is 0. The van der Waals surface area contributed by atoms with Crippen LogP contribution < -0.4 is 11.1 Å². The number of hydrogen-bond donors (Lipinski definition) is 2. The van der Waals surface area contributed by atoms with E-state index in [1.165, 1.54) is 12.8 Å². The van der Waals surface area contributed by atoms with Gasteiger partial charge in [0.25, 0.3) is 0 Å². The molecule has 2 fully saturated rings. The SMILES string of the molecule is CN=C(NC1CC1)N1CCCC(CC(N)=O)C1.I. The molecule has 1 saturated heterocycles. The van der Waals surface area contributed by atoms with Gasteiger partial charge in [0.1, 0.15) is 0 Å². The van der Waals surface area contributed by atoms with Crippen LogP contribution in [0.5, 0.6) is 0 Å². The molecule has 5 nitrogen and oxygen atoms in total. The van der Waals surface area contributed by atoms with Crippen molar-refractivity contribution >= 4 is 35.8 Å². The number of aliphatic imine (C=N–C) groups is 1. The van der Waals surface area contributed by atoms with Gasteiger partial charge in [-0.05, 0) is 31.6 Å². The fraction of sp³-hybridized carbons (Fsp3) is 0.833. The van der Waals surface area contributed by atoms with Gasteiger partial charge in [-0.1, -0.05) is 0 Å². The van der Waals surface area contributed by atoms with E-state index in [1.807, 2.05) is 7.05 Å². The molecule has 0 aromatic carbocycles. The van der Waals surface area contributed by atoms with Gasteiger partial charge < -0.3 is 16.0 Å². The topological polar surface area (TPSA) is 70.7 Å². The Hall–Kier alpha value is -0.530. The van der Waals surface area contributed by atoms with Crippen LogP contribution in [0.4, 0.5) is 0 Å². The summed E-state index contributed by atoms with van der Waals surface area (Å²) in [5.41, 5.74) is 5.26. The molecule has 2 aliphatic rings. The number of carbonyl (C=O) groups excluding carboxylic acids is 1. The van der Waals surface area contributed by atoms with Crippen LogP contribution in [0.1, 0.15) is 32.1 Å². The van der Waals surface area contributed by atoms with Crippen molar-refractivity contribution in [1.29, 1.82) is 0 Å². The summed E-state index contributed by atoms with van der Waals surface area (Å²) in [6.07, 6.45) is 5.20. The Bertz CT molecular complexity index is 317. The van der Waals surface area contributed by atoms with E-state index in [0.29, 0.717) is 18.4 Å². The van der Waals surface area contributed by atoms with Crippen molar-refractivity contribution < 1.29 is 4.79 Å². The average molecular weight is 366 g/mol. The highest BCUT2D eigenvalue weighted by Crippen LogP contribution is 2.22. The number of amides is 1. The van der Waals surface area contributed by atoms with Gasteiger partial charge in [-0.25, -0.2) is 0 Å². The van der Waals surface area contributed by atoms with Gasteiger partial charge >= 0.3 is 0 Å². The number of primary amides is 1. The molecule has 0 spiro atoms. The second-order valence-electron chi connectivity index (χ2n) is 5.09. The molecule has 1 saturated carbocycles. The van der Waals surface area contributed by atoms with E-state index in [2.05, 4.69) is 15.2 Å². The Balaban J connectivity index is 0.00000162. The minimum Gasteiger partial charge on any atom is -0.370 e. The van der Waals surface area contributed by atoms with E-state index >= 15 is 0 Å². The molecular weight excluding hydrogens is 343 g/mol. The number of carbonyl (C=O) groups is 1. The second-order valence-corrected chi connectivity index (χ2v) is 5.09. The Labute approximate surface area is 126 Å². The summed E-state index contributed by atoms with van der Waals surface area (Å²) in [7, 11) is 1.82. The summed E-state index contributed by atoms with van der Waals surface area (Å²) in [5, 5.41) is 3.44. The molecule has 18 heavy (non-hydrogen) atoms. The predicted molar refractivity (Wildman–Crippen MR) is 83.0 cm³/mol. The zero-order valence-electron chi connectivity index (χ0n) is 10.9. The van der Waals surface area contributed by atoms with E-state index < -0.39 is 0 Å². The van der Waals surface area contributed by atoms with Crippen molar-refractivity contribution in [2.24, 2.45) is 16.6 Å². The number of halogens is 1. The van der Waals surface area contributed by atoms with Crippen LogP contribution in [0.3, 0.4) is 0 Å². The van der Waals surface area contributed by atoms with Crippen molar-refractivity contribution in [3.63, 3.8) is 0 Å². The molecule has 2 rings (SSSR count). The number of guanidine groups is 1.